The molecule has 1 amide bonds. The van der Waals surface area contributed by atoms with Crippen LogP contribution in [-0.2, 0) is 16.1 Å². The highest BCUT2D eigenvalue weighted by Crippen LogP contribution is 2.24. The molecule has 26 heavy (non-hydrogen) atoms. The number of ether oxygens (including phenoxy) is 1. The first-order valence-electron chi connectivity index (χ1n) is 9.05. The third kappa shape index (κ3) is 5.14. The fourth-order valence-corrected chi connectivity index (χ4v) is 3.62. The van der Waals surface area contributed by atoms with Gasteiger partial charge in [0.05, 0.1) is 19.1 Å². The van der Waals surface area contributed by atoms with Crippen molar-refractivity contribution in [3.05, 3.63) is 52.0 Å². The summed E-state index contributed by atoms with van der Waals surface area (Å²) >= 11 is 1.38. The van der Waals surface area contributed by atoms with Crippen molar-refractivity contribution in [3.8, 4) is 0 Å². The molecule has 0 aliphatic heterocycles. The SMILES string of the molecule is CCCN(Cc1nc(C(=O)OCC)cs1)C(=O)[C@@H](CC)c1ccccc1. The standard InChI is InChI=1S/C20H26N2O3S/c1-4-12-22(13-18-21-17(14-26-18)20(24)25-6-3)19(23)16(5-2)15-10-8-7-9-11-15/h7-11,14,16H,4-6,12-13H2,1-3H3/t16-/m0/s1. The van der Waals surface area contributed by atoms with E-state index in [1.54, 1.807) is 12.3 Å². The van der Waals surface area contributed by atoms with Crippen molar-refractivity contribution < 1.29 is 14.3 Å². The van der Waals surface area contributed by atoms with Gasteiger partial charge in [0, 0.05) is 11.9 Å². The number of esters is 1. The van der Waals surface area contributed by atoms with Crippen LogP contribution in [0.25, 0.3) is 0 Å². The molecule has 2 aromatic rings. The molecule has 0 unspecified atom stereocenters. The lowest BCUT2D eigenvalue weighted by molar-refractivity contribution is -0.133. The third-order valence-corrected chi connectivity index (χ3v) is 4.91. The Kier molecular flexibility index (Phi) is 7.78. The van der Waals surface area contributed by atoms with E-state index in [0.29, 0.717) is 25.4 Å². The highest BCUT2D eigenvalue weighted by molar-refractivity contribution is 7.09. The number of hydrogen-bond donors (Lipinski definition) is 0. The maximum atomic E-state index is 13.1. The van der Waals surface area contributed by atoms with Crippen LogP contribution in [0.15, 0.2) is 35.7 Å². The summed E-state index contributed by atoms with van der Waals surface area (Å²) in [6.45, 7) is 7.25. The van der Waals surface area contributed by atoms with Gasteiger partial charge >= 0.3 is 5.97 Å². The van der Waals surface area contributed by atoms with Gasteiger partial charge in [0.25, 0.3) is 0 Å². The van der Waals surface area contributed by atoms with Crippen molar-refractivity contribution in [2.75, 3.05) is 13.2 Å². The molecule has 6 heteroatoms. The molecule has 0 spiro atoms. The maximum Gasteiger partial charge on any atom is 0.357 e. The van der Waals surface area contributed by atoms with Crippen LogP contribution < -0.4 is 0 Å². The summed E-state index contributed by atoms with van der Waals surface area (Å²) in [4.78, 5) is 31.1. The van der Waals surface area contributed by atoms with E-state index in [1.165, 1.54) is 11.3 Å². The van der Waals surface area contributed by atoms with Gasteiger partial charge in [-0.2, -0.15) is 0 Å². The predicted octanol–water partition coefficient (Wildman–Crippen LogP) is 4.25. The van der Waals surface area contributed by atoms with Crippen LogP contribution in [0, 0.1) is 0 Å². The van der Waals surface area contributed by atoms with Crippen LogP contribution in [0.3, 0.4) is 0 Å². The second kappa shape index (κ2) is 10.1. The molecule has 0 radical (unpaired) electrons. The highest BCUT2D eigenvalue weighted by atomic mass is 32.1. The number of hydrogen-bond acceptors (Lipinski definition) is 5. The molecule has 0 saturated carbocycles. The molecule has 0 aliphatic carbocycles. The highest BCUT2D eigenvalue weighted by Gasteiger charge is 2.25. The monoisotopic (exact) mass is 374 g/mol. The van der Waals surface area contributed by atoms with Gasteiger partial charge in [-0.15, -0.1) is 11.3 Å². The van der Waals surface area contributed by atoms with E-state index in [0.717, 1.165) is 23.4 Å². The summed E-state index contributed by atoms with van der Waals surface area (Å²) in [6.07, 6.45) is 1.61. The average Bonchev–Trinajstić information content (AvgIpc) is 3.12. The minimum Gasteiger partial charge on any atom is -0.461 e. The van der Waals surface area contributed by atoms with Gasteiger partial charge in [0.2, 0.25) is 5.91 Å². The lowest BCUT2D eigenvalue weighted by atomic mass is 9.95. The summed E-state index contributed by atoms with van der Waals surface area (Å²) < 4.78 is 4.98. The Balaban J connectivity index is 2.15. The normalized spacial score (nSPS) is 11.8. The number of thiazole rings is 1. The molecule has 0 bridgehead atoms. The van der Waals surface area contributed by atoms with Crippen molar-refractivity contribution >= 4 is 23.2 Å². The van der Waals surface area contributed by atoms with Gasteiger partial charge in [0.15, 0.2) is 5.69 Å². The number of carbonyl (C=O) groups is 2. The summed E-state index contributed by atoms with van der Waals surface area (Å²) in [6, 6.07) is 9.87. The minimum absolute atomic E-state index is 0.105. The maximum absolute atomic E-state index is 13.1. The molecule has 0 saturated heterocycles. The van der Waals surface area contributed by atoms with E-state index in [-0.39, 0.29) is 11.8 Å². The zero-order chi connectivity index (χ0) is 18.9. The molecule has 1 atom stereocenters. The Morgan fingerprint density at radius 1 is 1.19 bits per heavy atom. The van der Waals surface area contributed by atoms with E-state index in [4.69, 9.17) is 4.74 Å². The first-order valence-corrected chi connectivity index (χ1v) is 9.93. The van der Waals surface area contributed by atoms with E-state index >= 15 is 0 Å². The Bertz CT molecular complexity index is 715. The zero-order valence-corrected chi connectivity index (χ0v) is 16.4. The second-order valence-corrected chi connectivity index (χ2v) is 6.92. The van der Waals surface area contributed by atoms with E-state index in [1.807, 2.05) is 42.2 Å². The van der Waals surface area contributed by atoms with E-state index in [2.05, 4.69) is 11.9 Å². The van der Waals surface area contributed by atoms with Crippen LogP contribution in [0.1, 0.15) is 60.6 Å². The van der Waals surface area contributed by atoms with Gasteiger partial charge < -0.3 is 9.64 Å². The predicted molar refractivity (Wildman–Crippen MR) is 103 cm³/mol. The number of amides is 1. The van der Waals surface area contributed by atoms with E-state index in [9.17, 15) is 9.59 Å². The van der Waals surface area contributed by atoms with Crippen molar-refractivity contribution in [2.24, 2.45) is 0 Å². The number of aromatic nitrogens is 1. The van der Waals surface area contributed by atoms with Gasteiger partial charge in [-0.1, -0.05) is 44.2 Å². The Morgan fingerprint density at radius 3 is 2.54 bits per heavy atom. The molecule has 0 fully saturated rings. The Hall–Kier alpha value is -2.21. The number of nitrogens with zero attached hydrogens (tertiary/aromatic N) is 2. The summed E-state index contributed by atoms with van der Waals surface area (Å²) in [5.41, 5.74) is 1.35. The fraction of sp³-hybridized carbons (Fsp3) is 0.450. The Morgan fingerprint density at radius 2 is 1.92 bits per heavy atom. The first kappa shape index (κ1) is 20.1. The molecule has 0 N–H and O–H groups in total. The van der Waals surface area contributed by atoms with Gasteiger partial charge in [-0.3, -0.25) is 4.79 Å². The summed E-state index contributed by atoms with van der Waals surface area (Å²) in [5.74, 6) is -0.472. The van der Waals surface area contributed by atoms with Crippen molar-refractivity contribution in [3.63, 3.8) is 0 Å². The number of benzene rings is 1. The van der Waals surface area contributed by atoms with Crippen LogP contribution in [-0.4, -0.2) is 34.9 Å². The topological polar surface area (TPSA) is 59.5 Å². The van der Waals surface area contributed by atoms with Gasteiger partial charge in [0.1, 0.15) is 5.01 Å². The molecule has 0 aliphatic rings. The van der Waals surface area contributed by atoms with Crippen molar-refractivity contribution in [1.29, 1.82) is 0 Å². The van der Waals surface area contributed by atoms with Gasteiger partial charge in [-0.25, -0.2) is 9.78 Å². The Labute approximate surface area is 159 Å². The summed E-state index contributed by atoms with van der Waals surface area (Å²) in [7, 11) is 0. The molecule has 1 aromatic carbocycles. The summed E-state index contributed by atoms with van der Waals surface area (Å²) in [5, 5.41) is 2.44. The quantitative estimate of drug-likeness (QED) is 0.616. The van der Waals surface area contributed by atoms with Crippen molar-refractivity contribution in [2.45, 2.75) is 46.1 Å². The first-order chi connectivity index (χ1) is 12.6. The fourth-order valence-electron chi connectivity index (χ4n) is 2.84. The van der Waals surface area contributed by atoms with Crippen LogP contribution in [0.2, 0.25) is 0 Å². The van der Waals surface area contributed by atoms with E-state index < -0.39 is 5.97 Å². The molecule has 1 aromatic heterocycles. The average molecular weight is 375 g/mol. The lowest BCUT2D eigenvalue weighted by Crippen LogP contribution is -2.35. The number of rotatable bonds is 9. The molecular formula is C20H26N2O3S. The van der Waals surface area contributed by atoms with Crippen LogP contribution in [0.5, 0.6) is 0 Å². The smallest absolute Gasteiger partial charge is 0.357 e. The van der Waals surface area contributed by atoms with Crippen LogP contribution >= 0.6 is 11.3 Å². The second-order valence-electron chi connectivity index (χ2n) is 5.98. The zero-order valence-electron chi connectivity index (χ0n) is 15.6. The molecule has 2 rings (SSSR count). The van der Waals surface area contributed by atoms with Gasteiger partial charge in [-0.05, 0) is 25.3 Å². The molecule has 1 heterocycles. The lowest BCUT2D eigenvalue weighted by Gasteiger charge is -2.26. The third-order valence-electron chi connectivity index (χ3n) is 4.08. The van der Waals surface area contributed by atoms with Crippen molar-refractivity contribution in [1.82, 2.24) is 9.88 Å². The molecular weight excluding hydrogens is 348 g/mol. The molecule has 5 nitrogen and oxygen atoms in total. The minimum atomic E-state index is -0.418. The largest absolute Gasteiger partial charge is 0.461 e. The van der Waals surface area contributed by atoms with Crippen LogP contribution in [0.4, 0.5) is 0 Å². The number of carbonyl (C=O) groups excluding carboxylic acids is 2. The molecule has 140 valence electrons.